The Morgan fingerprint density at radius 2 is 2.29 bits per heavy atom. The lowest BCUT2D eigenvalue weighted by Crippen LogP contribution is -2.01. The minimum atomic E-state index is -0.896. The predicted octanol–water partition coefficient (Wildman–Crippen LogP) is 2.13. The molecule has 0 aliphatic rings. The molecule has 1 atom stereocenters. The van der Waals surface area contributed by atoms with Crippen molar-refractivity contribution in [3.63, 3.8) is 0 Å². The molecule has 2 nitrogen and oxygen atoms in total. The van der Waals surface area contributed by atoms with Crippen LogP contribution in [0.25, 0.3) is 0 Å². The van der Waals surface area contributed by atoms with Gasteiger partial charge in [0.2, 0.25) is 0 Å². The molecular formula is C10H15NOS2. The molecule has 0 bridgehead atoms. The van der Waals surface area contributed by atoms with Crippen molar-refractivity contribution in [3.8, 4) is 0 Å². The SMILES string of the molecule is CCSCCS(=O)c1cccc(N)c1. The first-order valence-electron chi connectivity index (χ1n) is 4.55. The van der Waals surface area contributed by atoms with Crippen LogP contribution in [0.1, 0.15) is 6.92 Å². The fraction of sp³-hybridized carbons (Fsp3) is 0.400. The second-order valence-corrected chi connectivity index (χ2v) is 5.78. The van der Waals surface area contributed by atoms with Gasteiger partial charge in [-0.1, -0.05) is 13.0 Å². The standard InChI is InChI=1S/C10H15NOS2/c1-2-13-6-7-14(12)10-5-3-4-9(11)8-10/h3-5,8H,2,6-7,11H2,1H3. The molecular weight excluding hydrogens is 214 g/mol. The second-order valence-electron chi connectivity index (χ2n) is 2.82. The number of benzene rings is 1. The van der Waals surface area contributed by atoms with Crippen molar-refractivity contribution in [1.82, 2.24) is 0 Å². The highest BCUT2D eigenvalue weighted by molar-refractivity contribution is 8.00. The minimum absolute atomic E-state index is 0.680. The molecule has 0 saturated carbocycles. The van der Waals surface area contributed by atoms with Crippen LogP contribution in [-0.2, 0) is 10.8 Å². The monoisotopic (exact) mass is 229 g/mol. The lowest BCUT2D eigenvalue weighted by atomic mass is 10.3. The van der Waals surface area contributed by atoms with E-state index in [4.69, 9.17) is 5.73 Å². The minimum Gasteiger partial charge on any atom is -0.399 e. The summed E-state index contributed by atoms with van der Waals surface area (Å²) in [5.41, 5.74) is 6.29. The Labute approximate surface area is 91.7 Å². The number of hydrogen-bond donors (Lipinski definition) is 1. The summed E-state index contributed by atoms with van der Waals surface area (Å²) in [6, 6.07) is 7.30. The van der Waals surface area contributed by atoms with Crippen LogP contribution in [0.5, 0.6) is 0 Å². The summed E-state index contributed by atoms with van der Waals surface area (Å²) in [5.74, 6) is 2.73. The Hall–Kier alpha value is -0.480. The van der Waals surface area contributed by atoms with Gasteiger partial charge in [0.25, 0.3) is 0 Å². The van der Waals surface area contributed by atoms with Gasteiger partial charge >= 0.3 is 0 Å². The molecule has 14 heavy (non-hydrogen) atoms. The maximum absolute atomic E-state index is 11.7. The summed E-state index contributed by atoms with van der Waals surface area (Å²) in [5, 5.41) is 0. The van der Waals surface area contributed by atoms with Crippen LogP contribution >= 0.6 is 11.8 Å². The van der Waals surface area contributed by atoms with Gasteiger partial charge in [-0.2, -0.15) is 11.8 Å². The quantitative estimate of drug-likeness (QED) is 0.621. The first-order valence-corrected chi connectivity index (χ1v) is 7.03. The number of anilines is 1. The van der Waals surface area contributed by atoms with Crippen molar-refractivity contribution < 1.29 is 4.21 Å². The number of nitrogens with two attached hydrogens (primary N) is 1. The van der Waals surface area contributed by atoms with Crippen molar-refractivity contribution in [1.29, 1.82) is 0 Å². The van der Waals surface area contributed by atoms with E-state index in [1.807, 2.05) is 30.0 Å². The average molecular weight is 229 g/mol. The van der Waals surface area contributed by atoms with E-state index >= 15 is 0 Å². The highest BCUT2D eigenvalue weighted by atomic mass is 32.2. The van der Waals surface area contributed by atoms with Crippen molar-refractivity contribution in [3.05, 3.63) is 24.3 Å². The first-order chi connectivity index (χ1) is 6.74. The molecule has 0 spiro atoms. The van der Waals surface area contributed by atoms with Gasteiger partial charge in [0, 0.05) is 22.1 Å². The van der Waals surface area contributed by atoms with Gasteiger partial charge in [0.1, 0.15) is 0 Å². The van der Waals surface area contributed by atoms with E-state index < -0.39 is 10.8 Å². The van der Waals surface area contributed by atoms with E-state index in [0.29, 0.717) is 11.4 Å². The molecule has 1 aromatic rings. The zero-order valence-electron chi connectivity index (χ0n) is 8.23. The Morgan fingerprint density at radius 1 is 1.50 bits per heavy atom. The third-order valence-electron chi connectivity index (χ3n) is 1.74. The van der Waals surface area contributed by atoms with Crippen LogP contribution in [0.2, 0.25) is 0 Å². The Kier molecular flexibility index (Phi) is 5.04. The summed E-state index contributed by atoms with van der Waals surface area (Å²) in [7, 11) is -0.896. The van der Waals surface area contributed by atoms with Crippen molar-refractivity contribution >= 4 is 28.2 Å². The van der Waals surface area contributed by atoms with Crippen LogP contribution in [0.3, 0.4) is 0 Å². The number of hydrogen-bond acceptors (Lipinski definition) is 3. The molecule has 1 rings (SSSR count). The molecule has 0 heterocycles. The van der Waals surface area contributed by atoms with Crippen LogP contribution < -0.4 is 5.73 Å². The van der Waals surface area contributed by atoms with E-state index in [2.05, 4.69) is 6.92 Å². The first kappa shape index (κ1) is 11.6. The maximum atomic E-state index is 11.7. The Bertz CT molecular complexity index is 315. The zero-order chi connectivity index (χ0) is 10.4. The van der Waals surface area contributed by atoms with E-state index in [9.17, 15) is 4.21 Å². The topological polar surface area (TPSA) is 43.1 Å². The van der Waals surface area contributed by atoms with Gasteiger partial charge in [0.15, 0.2) is 0 Å². The van der Waals surface area contributed by atoms with E-state index in [1.165, 1.54) is 0 Å². The fourth-order valence-corrected chi connectivity index (χ4v) is 3.15. The van der Waals surface area contributed by atoms with Gasteiger partial charge in [-0.05, 0) is 24.0 Å². The largest absolute Gasteiger partial charge is 0.399 e. The molecule has 0 aromatic heterocycles. The van der Waals surface area contributed by atoms with Crippen LogP contribution in [0, 0.1) is 0 Å². The van der Waals surface area contributed by atoms with Gasteiger partial charge in [-0.3, -0.25) is 4.21 Å². The van der Waals surface area contributed by atoms with Gasteiger partial charge in [-0.15, -0.1) is 0 Å². The molecule has 2 N–H and O–H groups in total. The molecule has 0 saturated heterocycles. The fourth-order valence-electron chi connectivity index (χ4n) is 1.05. The summed E-state index contributed by atoms with van der Waals surface area (Å²) in [4.78, 5) is 0.835. The average Bonchev–Trinajstić information content (AvgIpc) is 2.18. The molecule has 0 aliphatic carbocycles. The maximum Gasteiger partial charge on any atom is 0.0538 e. The molecule has 0 fully saturated rings. The summed E-state index contributed by atoms with van der Waals surface area (Å²) < 4.78 is 11.7. The third-order valence-corrected chi connectivity index (χ3v) is 4.25. The van der Waals surface area contributed by atoms with Gasteiger partial charge in [-0.25, -0.2) is 0 Å². The normalized spacial score (nSPS) is 12.6. The second kappa shape index (κ2) is 6.09. The summed E-state index contributed by atoms with van der Waals surface area (Å²) >= 11 is 1.81. The van der Waals surface area contributed by atoms with Gasteiger partial charge in [0.05, 0.1) is 10.8 Å². The molecule has 4 heteroatoms. The van der Waals surface area contributed by atoms with Crippen LogP contribution in [-0.4, -0.2) is 21.5 Å². The van der Waals surface area contributed by atoms with Crippen molar-refractivity contribution in [2.45, 2.75) is 11.8 Å². The summed E-state index contributed by atoms with van der Waals surface area (Å²) in [6.45, 7) is 2.11. The van der Waals surface area contributed by atoms with E-state index in [-0.39, 0.29) is 0 Å². The lowest BCUT2D eigenvalue weighted by Gasteiger charge is -2.02. The van der Waals surface area contributed by atoms with Crippen LogP contribution in [0.15, 0.2) is 29.2 Å². The van der Waals surface area contributed by atoms with E-state index in [1.54, 1.807) is 6.07 Å². The highest BCUT2D eigenvalue weighted by Crippen LogP contribution is 2.12. The zero-order valence-corrected chi connectivity index (χ0v) is 9.87. The molecule has 0 aliphatic heterocycles. The van der Waals surface area contributed by atoms with Crippen molar-refractivity contribution in [2.24, 2.45) is 0 Å². The van der Waals surface area contributed by atoms with Crippen LogP contribution in [0.4, 0.5) is 5.69 Å². The highest BCUT2D eigenvalue weighted by Gasteiger charge is 2.02. The molecule has 1 aromatic carbocycles. The third kappa shape index (κ3) is 3.72. The molecule has 0 amide bonds. The van der Waals surface area contributed by atoms with Crippen molar-refractivity contribution in [2.75, 3.05) is 23.0 Å². The summed E-state index contributed by atoms with van der Waals surface area (Å²) in [6.07, 6.45) is 0. The number of thioether (sulfide) groups is 1. The number of rotatable bonds is 5. The molecule has 0 radical (unpaired) electrons. The Balaban J connectivity index is 2.52. The smallest absolute Gasteiger partial charge is 0.0538 e. The molecule has 1 unspecified atom stereocenters. The Morgan fingerprint density at radius 3 is 2.93 bits per heavy atom. The number of nitrogen functional groups attached to an aromatic ring is 1. The van der Waals surface area contributed by atoms with Gasteiger partial charge < -0.3 is 5.73 Å². The molecule has 78 valence electrons. The predicted molar refractivity (Wildman–Crippen MR) is 65.1 cm³/mol. The lowest BCUT2D eigenvalue weighted by molar-refractivity contribution is 0.684. The van der Waals surface area contributed by atoms with E-state index in [0.717, 1.165) is 16.4 Å².